The summed E-state index contributed by atoms with van der Waals surface area (Å²) in [6.45, 7) is 5.43. The first-order valence-corrected chi connectivity index (χ1v) is 9.12. The molecule has 0 amide bonds. The van der Waals surface area contributed by atoms with Crippen LogP contribution in [0.25, 0.3) is 0 Å². The van der Waals surface area contributed by atoms with Crippen molar-refractivity contribution >= 4 is 11.6 Å². The van der Waals surface area contributed by atoms with Crippen LogP contribution in [0.4, 0.5) is 11.6 Å². The summed E-state index contributed by atoms with van der Waals surface area (Å²) >= 11 is 0. The smallest absolute Gasteiger partial charge is 0.252 e. The largest absolute Gasteiger partial charge is 0.370 e. The molecule has 0 saturated carbocycles. The van der Waals surface area contributed by atoms with Crippen molar-refractivity contribution in [1.29, 1.82) is 5.26 Å². The van der Waals surface area contributed by atoms with Gasteiger partial charge >= 0.3 is 0 Å². The summed E-state index contributed by atoms with van der Waals surface area (Å²) < 4.78 is 0. The summed E-state index contributed by atoms with van der Waals surface area (Å²) in [6, 6.07) is 5.81. The average Bonchev–Trinajstić information content (AvgIpc) is 3.33. The Morgan fingerprint density at radius 3 is 2.81 bits per heavy atom. The molecule has 2 saturated heterocycles. The second kappa shape index (κ2) is 6.79. The number of pyridine rings is 1. The Hall–Kier alpha value is -2.88. The van der Waals surface area contributed by atoms with E-state index in [0.29, 0.717) is 11.5 Å². The number of hydrogen-bond acceptors (Lipinski definition) is 6. The number of aromatic amines is 1. The Bertz CT molecular complexity index is 909. The molecule has 2 aliphatic heterocycles. The number of nitriles is 1. The molecule has 1 unspecified atom stereocenters. The minimum absolute atomic E-state index is 0.0900. The lowest BCUT2D eigenvalue weighted by Crippen LogP contribution is -2.25. The van der Waals surface area contributed by atoms with Crippen LogP contribution in [0.15, 0.2) is 23.1 Å². The summed E-state index contributed by atoms with van der Waals surface area (Å²) in [5.41, 5.74) is 3.17. The van der Waals surface area contributed by atoms with E-state index in [1.165, 1.54) is 0 Å². The van der Waals surface area contributed by atoms with Crippen LogP contribution in [-0.4, -0.2) is 41.1 Å². The SMILES string of the molecule is Cc1cc(N2CCC(c3cc(=O)[nH]c(N4CCCC4)n3)C2)c(C#N)cn1. The molecule has 2 aromatic rings. The number of H-pyrrole nitrogens is 1. The van der Waals surface area contributed by atoms with Gasteiger partial charge in [-0.2, -0.15) is 5.26 Å². The highest BCUT2D eigenvalue weighted by Crippen LogP contribution is 2.32. The van der Waals surface area contributed by atoms with Gasteiger partial charge < -0.3 is 9.80 Å². The molecule has 0 aliphatic carbocycles. The molecule has 0 bridgehead atoms. The molecule has 7 heteroatoms. The van der Waals surface area contributed by atoms with Crippen LogP contribution >= 0.6 is 0 Å². The summed E-state index contributed by atoms with van der Waals surface area (Å²) in [7, 11) is 0. The van der Waals surface area contributed by atoms with Crippen molar-refractivity contribution in [1.82, 2.24) is 15.0 Å². The predicted molar refractivity (Wildman–Crippen MR) is 99.6 cm³/mol. The Labute approximate surface area is 152 Å². The van der Waals surface area contributed by atoms with E-state index in [1.807, 2.05) is 13.0 Å². The predicted octanol–water partition coefficient (Wildman–Crippen LogP) is 1.94. The third-order valence-corrected chi connectivity index (χ3v) is 5.24. The van der Waals surface area contributed by atoms with Crippen molar-refractivity contribution in [2.24, 2.45) is 0 Å². The standard InChI is InChI=1S/C19H22N6O/c1-13-8-17(15(10-20)11-21-13)25-7-4-14(12-25)16-9-18(26)23-19(22-16)24-5-2-3-6-24/h8-9,11,14H,2-7,12H2,1H3,(H,22,23,26). The lowest BCUT2D eigenvalue weighted by molar-refractivity contribution is 0.729. The van der Waals surface area contributed by atoms with Crippen LogP contribution in [0.2, 0.25) is 0 Å². The van der Waals surface area contributed by atoms with Crippen LogP contribution in [-0.2, 0) is 0 Å². The number of hydrogen-bond donors (Lipinski definition) is 1. The minimum atomic E-state index is -0.0900. The van der Waals surface area contributed by atoms with Gasteiger partial charge in [0.05, 0.1) is 16.9 Å². The van der Waals surface area contributed by atoms with E-state index >= 15 is 0 Å². The Morgan fingerprint density at radius 2 is 2.04 bits per heavy atom. The highest BCUT2D eigenvalue weighted by atomic mass is 16.1. The molecule has 7 nitrogen and oxygen atoms in total. The second-order valence-electron chi connectivity index (χ2n) is 7.07. The highest BCUT2D eigenvalue weighted by molar-refractivity contribution is 5.60. The molecule has 4 rings (SSSR count). The van der Waals surface area contributed by atoms with Gasteiger partial charge in [-0.3, -0.25) is 14.8 Å². The van der Waals surface area contributed by atoms with Crippen molar-refractivity contribution in [3.05, 3.63) is 45.6 Å². The first-order valence-electron chi connectivity index (χ1n) is 9.12. The van der Waals surface area contributed by atoms with E-state index in [1.54, 1.807) is 12.3 Å². The number of anilines is 2. The molecule has 0 radical (unpaired) electrons. The molecule has 2 aliphatic rings. The van der Waals surface area contributed by atoms with Gasteiger partial charge in [-0.15, -0.1) is 0 Å². The Morgan fingerprint density at radius 1 is 1.23 bits per heavy atom. The molecule has 1 N–H and O–H groups in total. The third-order valence-electron chi connectivity index (χ3n) is 5.24. The lowest BCUT2D eigenvalue weighted by atomic mass is 10.0. The second-order valence-corrected chi connectivity index (χ2v) is 7.07. The van der Waals surface area contributed by atoms with E-state index in [0.717, 1.165) is 62.5 Å². The zero-order valence-corrected chi connectivity index (χ0v) is 14.9. The Kier molecular flexibility index (Phi) is 4.33. The highest BCUT2D eigenvalue weighted by Gasteiger charge is 2.28. The maximum Gasteiger partial charge on any atom is 0.252 e. The van der Waals surface area contributed by atoms with Crippen LogP contribution in [0.5, 0.6) is 0 Å². The summed E-state index contributed by atoms with van der Waals surface area (Å²) in [5.74, 6) is 0.889. The van der Waals surface area contributed by atoms with Crippen molar-refractivity contribution in [3.8, 4) is 6.07 Å². The number of aryl methyl sites for hydroxylation is 1. The van der Waals surface area contributed by atoms with E-state index in [2.05, 4.69) is 25.8 Å². The average molecular weight is 350 g/mol. The fraction of sp³-hybridized carbons (Fsp3) is 0.474. The molecule has 134 valence electrons. The molecule has 0 spiro atoms. The zero-order valence-electron chi connectivity index (χ0n) is 14.9. The quantitative estimate of drug-likeness (QED) is 0.910. The van der Waals surface area contributed by atoms with Crippen molar-refractivity contribution in [2.45, 2.75) is 32.1 Å². The van der Waals surface area contributed by atoms with Gasteiger partial charge in [0.25, 0.3) is 5.56 Å². The van der Waals surface area contributed by atoms with E-state index < -0.39 is 0 Å². The van der Waals surface area contributed by atoms with Crippen molar-refractivity contribution in [2.75, 3.05) is 36.0 Å². The summed E-state index contributed by atoms with van der Waals surface area (Å²) in [6.07, 6.45) is 4.84. The summed E-state index contributed by atoms with van der Waals surface area (Å²) in [4.78, 5) is 28.3. The molecular formula is C19H22N6O. The summed E-state index contributed by atoms with van der Waals surface area (Å²) in [5, 5.41) is 9.37. The molecule has 4 heterocycles. The van der Waals surface area contributed by atoms with Crippen molar-refractivity contribution in [3.63, 3.8) is 0 Å². The lowest BCUT2D eigenvalue weighted by Gasteiger charge is -2.21. The van der Waals surface area contributed by atoms with Gasteiger partial charge in [-0.1, -0.05) is 0 Å². The third kappa shape index (κ3) is 3.15. The number of aromatic nitrogens is 3. The number of nitrogens with zero attached hydrogens (tertiary/aromatic N) is 5. The first kappa shape index (κ1) is 16.6. The maximum absolute atomic E-state index is 12.1. The monoisotopic (exact) mass is 350 g/mol. The van der Waals surface area contributed by atoms with Gasteiger partial charge in [0.15, 0.2) is 0 Å². The molecular weight excluding hydrogens is 328 g/mol. The number of rotatable bonds is 3. The van der Waals surface area contributed by atoms with Gasteiger partial charge in [0.2, 0.25) is 5.95 Å². The number of nitrogens with one attached hydrogen (secondary N) is 1. The van der Waals surface area contributed by atoms with Crippen LogP contribution < -0.4 is 15.4 Å². The fourth-order valence-corrected chi connectivity index (χ4v) is 3.86. The van der Waals surface area contributed by atoms with Crippen LogP contribution in [0, 0.1) is 18.3 Å². The van der Waals surface area contributed by atoms with E-state index in [4.69, 9.17) is 4.98 Å². The maximum atomic E-state index is 12.1. The van der Waals surface area contributed by atoms with Crippen LogP contribution in [0.3, 0.4) is 0 Å². The topological polar surface area (TPSA) is 88.9 Å². The van der Waals surface area contributed by atoms with E-state index in [-0.39, 0.29) is 11.5 Å². The van der Waals surface area contributed by atoms with Crippen LogP contribution in [0.1, 0.15) is 42.1 Å². The van der Waals surface area contributed by atoms with Gasteiger partial charge in [0, 0.05) is 50.1 Å². The molecule has 26 heavy (non-hydrogen) atoms. The van der Waals surface area contributed by atoms with Crippen molar-refractivity contribution < 1.29 is 0 Å². The normalized spacial score (nSPS) is 19.8. The van der Waals surface area contributed by atoms with Gasteiger partial charge in [-0.25, -0.2) is 4.98 Å². The Balaban J connectivity index is 1.59. The van der Waals surface area contributed by atoms with E-state index in [9.17, 15) is 10.1 Å². The fourth-order valence-electron chi connectivity index (χ4n) is 3.86. The van der Waals surface area contributed by atoms with Gasteiger partial charge in [-0.05, 0) is 32.3 Å². The molecule has 2 aromatic heterocycles. The molecule has 1 atom stereocenters. The molecule has 2 fully saturated rings. The van der Waals surface area contributed by atoms with Gasteiger partial charge in [0.1, 0.15) is 6.07 Å². The molecule has 0 aromatic carbocycles. The zero-order chi connectivity index (χ0) is 18.1. The minimum Gasteiger partial charge on any atom is -0.370 e. The first-order chi connectivity index (χ1) is 12.6.